The summed E-state index contributed by atoms with van der Waals surface area (Å²) in [5.41, 5.74) is 2.44. The van der Waals surface area contributed by atoms with Gasteiger partial charge in [-0.15, -0.1) is 0 Å². The van der Waals surface area contributed by atoms with Crippen LogP contribution in [-0.2, 0) is 16.6 Å². The standard InChI is InChI=1S/C23H25N3O5/c1-4-31-23(27)21-19(17-13-25(2)18-8-6-5-7-16(17)18)22(26(28)29)20(24-21)14-9-11-15(30-3)12-10-14/h5-13,19-22,24H,4H2,1-3H3/t19-,20+,21+,22-/m0/s1. The van der Waals surface area contributed by atoms with Crippen molar-refractivity contribution in [1.82, 2.24) is 9.88 Å². The maximum Gasteiger partial charge on any atom is 0.324 e. The van der Waals surface area contributed by atoms with Crippen LogP contribution in [0.1, 0.15) is 30.0 Å². The fraction of sp³-hybridized carbons (Fsp3) is 0.348. The van der Waals surface area contributed by atoms with Crippen molar-refractivity contribution in [2.75, 3.05) is 13.7 Å². The number of benzene rings is 2. The number of fused-ring (bicyclic) bond motifs is 1. The van der Waals surface area contributed by atoms with Crippen LogP contribution in [0.3, 0.4) is 0 Å². The van der Waals surface area contributed by atoms with Gasteiger partial charge in [-0.25, -0.2) is 0 Å². The molecule has 8 heteroatoms. The fourth-order valence-corrected chi connectivity index (χ4v) is 4.61. The summed E-state index contributed by atoms with van der Waals surface area (Å²) in [7, 11) is 3.46. The van der Waals surface area contributed by atoms with E-state index < -0.39 is 30.0 Å². The predicted octanol–water partition coefficient (Wildman–Crippen LogP) is 3.19. The summed E-state index contributed by atoms with van der Waals surface area (Å²) < 4.78 is 12.4. The largest absolute Gasteiger partial charge is 0.497 e. The van der Waals surface area contributed by atoms with E-state index in [1.807, 2.05) is 42.1 Å². The summed E-state index contributed by atoms with van der Waals surface area (Å²) in [6, 6.07) is 12.3. The van der Waals surface area contributed by atoms with Crippen molar-refractivity contribution in [2.24, 2.45) is 7.05 Å². The molecule has 162 valence electrons. The highest BCUT2D eigenvalue weighted by Crippen LogP contribution is 2.43. The van der Waals surface area contributed by atoms with Crippen molar-refractivity contribution in [3.8, 4) is 5.75 Å². The van der Waals surface area contributed by atoms with Gasteiger partial charge < -0.3 is 14.0 Å². The molecule has 1 aromatic heterocycles. The van der Waals surface area contributed by atoms with Gasteiger partial charge in [-0.3, -0.25) is 20.2 Å². The molecule has 2 heterocycles. The van der Waals surface area contributed by atoms with Gasteiger partial charge in [0, 0.05) is 29.1 Å². The second kappa shape index (κ2) is 8.39. The van der Waals surface area contributed by atoms with Crippen molar-refractivity contribution in [3.05, 3.63) is 76.0 Å². The molecule has 8 nitrogen and oxygen atoms in total. The molecule has 2 aromatic carbocycles. The van der Waals surface area contributed by atoms with Gasteiger partial charge in [0.1, 0.15) is 17.8 Å². The molecule has 0 bridgehead atoms. The number of para-hydroxylation sites is 1. The topological polar surface area (TPSA) is 95.6 Å². The van der Waals surface area contributed by atoms with E-state index in [4.69, 9.17) is 9.47 Å². The van der Waals surface area contributed by atoms with Gasteiger partial charge in [0.25, 0.3) is 0 Å². The van der Waals surface area contributed by atoms with Gasteiger partial charge in [-0.1, -0.05) is 30.3 Å². The number of nitro groups is 1. The lowest BCUT2D eigenvalue weighted by Gasteiger charge is -2.19. The van der Waals surface area contributed by atoms with Crippen molar-refractivity contribution in [2.45, 2.75) is 31.0 Å². The Morgan fingerprint density at radius 3 is 2.55 bits per heavy atom. The van der Waals surface area contributed by atoms with Gasteiger partial charge in [0.05, 0.1) is 19.6 Å². The zero-order valence-corrected chi connectivity index (χ0v) is 17.6. The van der Waals surface area contributed by atoms with Crippen LogP contribution in [0.5, 0.6) is 5.75 Å². The van der Waals surface area contributed by atoms with Crippen LogP contribution in [-0.4, -0.2) is 41.3 Å². The molecule has 0 radical (unpaired) electrons. The summed E-state index contributed by atoms with van der Waals surface area (Å²) in [5.74, 6) is -0.512. The van der Waals surface area contributed by atoms with Crippen LogP contribution < -0.4 is 10.1 Å². The smallest absolute Gasteiger partial charge is 0.324 e. The molecule has 1 aliphatic heterocycles. The normalized spacial score (nSPS) is 23.1. The number of aryl methyl sites for hydroxylation is 1. The average Bonchev–Trinajstić information content (AvgIpc) is 3.33. The van der Waals surface area contributed by atoms with Gasteiger partial charge in [-0.2, -0.15) is 0 Å². The number of aromatic nitrogens is 1. The highest BCUT2D eigenvalue weighted by Gasteiger charge is 2.55. The van der Waals surface area contributed by atoms with E-state index in [0.29, 0.717) is 5.75 Å². The summed E-state index contributed by atoms with van der Waals surface area (Å²) in [4.78, 5) is 24.9. The number of nitrogens with zero attached hydrogens (tertiary/aromatic N) is 2. The molecule has 3 aromatic rings. The Morgan fingerprint density at radius 2 is 1.90 bits per heavy atom. The Balaban J connectivity index is 1.85. The van der Waals surface area contributed by atoms with Gasteiger partial charge in [-0.05, 0) is 36.2 Å². The molecular formula is C23H25N3O5. The average molecular weight is 423 g/mol. The minimum atomic E-state index is -1.05. The first-order chi connectivity index (χ1) is 15.0. The van der Waals surface area contributed by atoms with Gasteiger partial charge >= 0.3 is 5.97 Å². The molecule has 1 saturated heterocycles. The van der Waals surface area contributed by atoms with Gasteiger partial charge in [0.15, 0.2) is 0 Å². The van der Waals surface area contributed by atoms with E-state index in [-0.39, 0.29) is 11.5 Å². The highest BCUT2D eigenvalue weighted by molar-refractivity contribution is 5.87. The van der Waals surface area contributed by atoms with Crippen LogP contribution in [0.2, 0.25) is 0 Å². The first-order valence-electron chi connectivity index (χ1n) is 10.2. The van der Waals surface area contributed by atoms with Crippen LogP contribution in [0, 0.1) is 10.1 Å². The number of carbonyl (C=O) groups excluding carboxylic acids is 1. The molecule has 1 aliphatic rings. The summed E-state index contributed by atoms with van der Waals surface area (Å²) in [5, 5.41) is 16.5. The van der Waals surface area contributed by atoms with E-state index in [1.54, 1.807) is 38.3 Å². The number of ether oxygens (including phenoxy) is 2. The molecule has 1 fully saturated rings. The lowest BCUT2D eigenvalue weighted by atomic mass is 9.85. The molecule has 0 unspecified atom stereocenters. The number of methoxy groups -OCH3 is 1. The quantitative estimate of drug-likeness (QED) is 0.372. The van der Waals surface area contributed by atoms with Crippen LogP contribution in [0.4, 0.5) is 0 Å². The maximum absolute atomic E-state index is 12.9. The Morgan fingerprint density at radius 1 is 1.19 bits per heavy atom. The monoisotopic (exact) mass is 423 g/mol. The third kappa shape index (κ3) is 3.63. The molecule has 31 heavy (non-hydrogen) atoms. The number of hydrogen-bond acceptors (Lipinski definition) is 6. The molecule has 0 aliphatic carbocycles. The Labute approximate surface area is 179 Å². The second-order valence-electron chi connectivity index (χ2n) is 7.66. The maximum atomic E-state index is 12.9. The number of nitrogens with one attached hydrogen (secondary N) is 1. The third-order valence-corrected chi connectivity index (χ3v) is 5.97. The zero-order valence-electron chi connectivity index (χ0n) is 17.6. The van der Waals surface area contributed by atoms with Crippen molar-refractivity contribution in [1.29, 1.82) is 0 Å². The van der Waals surface area contributed by atoms with E-state index in [1.165, 1.54) is 0 Å². The van der Waals surface area contributed by atoms with E-state index in [0.717, 1.165) is 22.0 Å². The van der Waals surface area contributed by atoms with Crippen LogP contribution in [0.15, 0.2) is 54.7 Å². The highest BCUT2D eigenvalue weighted by atomic mass is 16.6. The second-order valence-corrected chi connectivity index (χ2v) is 7.66. The minimum Gasteiger partial charge on any atom is -0.497 e. The molecule has 0 spiro atoms. The first kappa shape index (κ1) is 20.9. The molecular weight excluding hydrogens is 398 g/mol. The van der Waals surface area contributed by atoms with Crippen molar-refractivity contribution >= 4 is 16.9 Å². The van der Waals surface area contributed by atoms with E-state index >= 15 is 0 Å². The third-order valence-electron chi connectivity index (χ3n) is 5.97. The number of esters is 1. The lowest BCUT2D eigenvalue weighted by molar-refractivity contribution is -0.527. The SMILES string of the molecule is CCOC(=O)[C@@H]1N[C@H](c2ccc(OC)cc2)[C@@H]([N+](=O)[O-])[C@H]1c1cn(C)c2ccccc12. The van der Waals surface area contributed by atoms with E-state index in [2.05, 4.69) is 5.32 Å². The number of rotatable bonds is 6. The van der Waals surface area contributed by atoms with Crippen LogP contribution >= 0.6 is 0 Å². The first-order valence-corrected chi connectivity index (χ1v) is 10.2. The zero-order chi connectivity index (χ0) is 22.1. The fourth-order valence-electron chi connectivity index (χ4n) is 4.61. The lowest BCUT2D eigenvalue weighted by Crippen LogP contribution is -2.37. The Bertz CT molecular complexity index is 1110. The Kier molecular flexibility index (Phi) is 5.65. The summed E-state index contributed by atoms with van der Waals surface area (Å²) in [6.07, 6.45) is 1.89. The predicted molar refractivity (Wildman–Crippen MR) is 116 cm³/mol. The van der Waals surface area contributed by atoms with E-state index in [9.17, 15) is 14.9 Å². The summed E-state index contributed by atoms with van der Waals surface area (Å²) in [6.45, 7) is 1.93. The molecule has 0 amide bonds. The minimum absolute atomic E-state index is 0.204. The molecule has 4 atom stereocenters. The Hall–Kier alpha value is -3.39. The number of carbonyl (C=O) groups is 1. The van der Waals surface area contributed by atoms with Crippen molar-refractivity contribution < 1.29 is 19.2 Å². The summed E-state index contributed by atoms with van der Waals surface area (Å²) >= 11 is 0. The van der Waals surface area contributed by atoms with Crippen molar-refractivity contribution in [3.63, 3.8) is 0 Å². The van der Waals surface area contributed by atoms with Gasteiger partial charge in [0.2, 0.25) is 6.04 Å². The molecule has 0 saturated carbocycles. The molecule has 1 N–H and O–H groups in total. The number of hydrogen-bond donors (Lipinski definition) is 1. The molecule has 4 rings (SSSR count). The van der Waals surface area contributed by atoms with Crippen LogP contribution in [0.25, 0.3) is 10.9 Å².